The predicted octanol–water partition coefficient (Wildman–Crippen LogP) is 13.8. The van der Waals surface area contributed by atoms with Gasteiger partial charge in [0.25, 0.3) is 10.1 Å². The number of carbonyl (C=O) groups excluding carboxylic acids is 1. The Bertz CT molecular complexity index is 3480. The van der Waals surface area contributed by atoms with Gasteiger partial charge in [-0.3, -0.25) is 9.35 Å². The van der Waals surface area contributed by atoms with Gasteiger partial charge in [0.15, 0.2) is 5.78 Å². The summed E-state index contributed by atoms with van der Waals surface area (Å²) in [4.78, 5) is 13.1. The van der Waals surface area contributed by atoms with E-state index in [9.17, 15) is 28.3 Å². The summed E-state index contributed by atoms with van der Waals surface area (Å²) < 4.78 is 67.8. The molecule has 0 radical (unpaired) electrons. The van der Waals surface area contributed by atoms with Gasteiger partial charge in [-0.15, -0.1) is 4.33 Å². The van der Waals surface area contributed by atoms with Crippen LogP contribution in [0.2, 0.25) is 0 Å². The van der Waals surface area contributed by atoms with Gasteiger partial charge in [0.05, 0.1) is 29.6 Å². The van der Waals surface area contributed by atoms with Gasteiger partial charge < -0.3 is 23.7 Å². The molecule has 2 N–H and O–H groups in total. The largest absolute Gasteiger partial charge is 0.495 e. The molecule has 8 aromatic rings. The van der Waals surface area contributed by atoms with Crippen LogP contribution in [0.4, 0.5) is 0 Å². The van der Waals surface area contributed by atoms with Crippen molar-refractivity contribution >= 4 is 27.9 Å². The Balaban J connectivity index is 0.909. The molecular formula is C56H42N2O12S2. The molecule has 0 fully saturated rings. The number of nitrogens with zero attached hydrogens (tertiary/aromatic N) is 2. The second kappa shape index (κ2) is 21.7. The van der Waals surface area contributed by atoms with Crippen molar-refractivity contribution in [2.45, 2.75) is 36.0 Å². The van der Waals surface area contributed by atoms with E-state index in [0.717, 1.165) is 33.9 Å². The quantitative estimate of drug-likeness (QED) is 0.0270. The van der Waals surface area contributed by atoms with Crippen LogP contribution in [0.1, 0.15) is 57.6 Å². The second-order valence-electron chi connectivity index (χ2n) is 16.5. The van der Waals surface area contributed by atoms with E-state index in [0.29, 0.717) is 57.9 Å². The molecule has 8 rings (SSSR count). The van der Waals surface area contributed by atoms with E-state index in [1.165, 1.54) is 37.4 Å². The number of benzene rings is 8. The van der Waals surface area contributed by atoms with Gasteiger partial charge in [-0.1, -0.05) is 85.6 Å². The van der Waals surface area contributed by atoms with Gasteiger partial charge in [0.1, 0.15) is 74.3 Å². The van der Waals surface area contributed by atoms with E-state index in [2.05, 4.69) is 35.4 Å². The van der Waals surface area contributed by atoms with Gasteiger partial charge in [0.2, 0.25) is 0 Å². The van der Waals surface area contributed by atoms with Crippen LogP contribution in [0.5, 0.6) is 51.7 Å². The molecule has 360 valence electrons. The zero-order valence-electron chi connectivity index (χ0n) is 38.9. The molecule has 0 atom stereocenters. The van der Waals surface area contributed by atoms with Crippen LogP contribution in [0.15, 0.2) is 180 Å². The van der Waals surface area contributed by atoms with Gasteiger partial charge >= 0.3 is 0 Å². The molecule has 0 heterocycles. The smallest absolute Gasteiger partial charge is 0.298 e. The summed E-state index contributed by atoms with van der Waals surface area (Å²) in [7, 11) is -3.47. The van der Waals surface area contributed by atoms with Crippen molar-refractivity contribution in [1.29, 1.82) is 10.5 Å². The lowest BCUT2D eigenvalue weighted by molar-refractivity contribution is -0.432. The Kier molecular flexibility index (Phi) is 15.0. The average Bonchev–Trinajstić information content (AvgIpc) is 3.38. The van der Waals surface area contributed by atoms with Crippen molar-refractivity contribution in [3.63, 3.8) is 0 Å². The fourth-order valence-electron chi connectivity index (χ4n) is 7.68. The molecule has 0 unspecified atom stereocenters. The van der Waals surface area contributed by atoms with Crippen molar-refractivity contribution in [2.24, 2.45) is 0 Å². The Hall–Kier alpha value is -8.45. The van der Waals surface area contributed by atoms with Crippen LogP contribution >= 0.6 is 12.0 Å². The van der Waals surface area contributed by atoms with Gasteiger partial charge in [0, 0.05) is 16.5 Å². The Morgan fingerprint density at radius 2 is 1.00 bits per heavy atom. The summed E-state index contributed by atoms with van der Waals surface area (Å²) in [5, 5.41) is 32.5. The number of methoxy groups -OCH3 is 1. The summed E-state index contributed by atoms with van der Waals surface area (Å²) in [5.41, 5.74) is 5.00. The van der Waals surface area contributed by atoms with Crippen LogP contribution < -0.4 is 23.7 Å². The second-order valence-corrected chi connectivity index (χ2v) is 18.6. The number of ketones is 1. The lowest BCUT2D eigenvalue weighted by atomic mass is 9.78. The SMILES string of the molecule is COc1ccc(C(=O)c2ccc(Oc3ccc(C(C)(C)c4ccc(Oc5cccc(Oc6ccc(-c7ccc(Oc8cccc(C)c8C#N)cc7)cc6)c5C#N)cc4)cc3)c(SOOO)c2)cc1S(=O)(=O)O. The summed E-state index contributed by atoms with van der Waals surface area (Å²) >= 11 is 0.570. The predicted molar refractivity (Wildman–Crippen MR) is 268 cm³/mol. The number of hydrogen-bond donors (Lipinski definition) is 2. The molecule has 0 aromatic heterocycles. The normalized spacial score (nSPS) is 11.2. The van der Waals surface area contributed by atoms with Crippen LogP contribution in [0, 0.1) is 29.6 Å². The minimum atomic E-state index is -4.70. The average molecular weight is 999 g/mol. The molecule has 8 aromatic carbocycles. The summed E-state index contributed by atoms with van der Waals surface area (Å²) in [6.45, 7) is 6.02. The van der Waals surface area contributed by atoms with Gasteiger partial charge in [-0.25, -0.2) is 5.26 Å². The first kappa shape index (κ1) is 50.0. The molecule has 72 heavy (non-hydrogen) atoms. The number of ether oxygens (including phenoxy) is 5. The minimum Gasteiger partial charge on any atom is -0.495 e. The van der Waals surface area contributed by atoms with Gasteiger partial charge in [-0.2, -0.15) is 18.9 Å². The molecule has 0 amide bonds. The third kappa shape index (κ3) is 11.3. The number of aryl methyl sites for hydroxylation is 1. The van der Waals surface area contributed by atoms with E-state index in [1.54, 1.807) is 36.4 Å². The molecule has 0 spiro atoms. The molecule has 0 aliphatic carbocycles. The van der Waals surface area contributed by atoms with Crippen LogP contribution in [0.25, 0.3) is 11.1 Å². The lowest BCUT2D eigenvalue weighted by Gasteiger charge is -2.26. The van der Waals surface area contributed by atoms with Crippen LogP contribution in [-0.4, -0.2) is 31.1 Å². The fourth-order valence-corrected chi connectivity index (χ4v) is 8.83. The van der Waals surface area contributed by atoms with E-state index in [4.69, 9.17) is 28.9 Å². The Labute approximate surface area is 419 Å². The number of carbonyl (C=O) groups is 1. The number of rotatable bonds is 18. The van der Waals surface area contributed by atoms with E-state index in [-0.39, 0.29) is 33.1 Å². The Morgan fingerprint density at radius 1 is 0.569 bits per heavy atom. The molecule has 16 heteroatoms. The lowest BCUT2D eigenvalue weighted by Crippen LogP contribution is -2.18. The highest BCUT2D eigenvalue weighted by molar-refractivity contribution is 7.94. The van der Waals surface area contributed by atoms with Crippen molar-refractivity contribution in [3.8, 4) is 75.0 Å². The standard InChI is InChI=1S/C56H42N2O12S2/c1-35-7-5-8-48(46(35)33-57)65-42-21-11-36(12-22-42)37-13-23-43(24-14-37)66-49-9-6-10-50(47(49)34-58)67-44-25-17-40(18-26-44)56(2,3)41-19-27-45(28-20-41)68-51-29-15-38(31-53(51)71-70-69-60)55(59)39-16-30-52(64-4)54(32-39)72(61,62)63/h5-32,60H,1-4H3,(H,61,62,63). The molecule has 0 saturated heterocycles. The van der Waals surface area contributed by atoms with Crippen molar-refractivity contribution in [1.82, 2.24) is 0 Å². The van der Waals surface area contributed by atoms with Crippen molar-refractivity contribution in [2.75, 3.05) is 7.11 Å². The fraction of sp³-hybridized carbons (Fsp3) is 0.0893. The van der Waals surface area contributed by atoms with Crippen molar-refractivity contribution < 1.29 is 56.1 Å². The first-order chi connectivity index (χ1) is 34.7. The third-order valence-electron chi connectivity index (χ3n) is 11.6. The molecule has 0 bridgehead atoms. The van der Waals surface area contributed by atoms with Gasteiger partial charge in [-0.05, 0) is 138 Å². The summed E-state index contributed by atoms with van der Waals surface area (Å²) in [6.07, 6.45) is 0. The Morgan fingerprint density at radius 3 is 1.46 bits per heavy atom. The summed E-state index contributed by atoms with van der Waals surface area (Å²) in [6, 6.07) is 53.2. The van der Waals surface area contributed by atoms with Crippen LogP contribution in [0.3, 0.4) is 0 Å². The monoisotopic (exact) mass is 998 g/mol. The molecule has 0 aliphatic rings. The molecular weight excluding hydrogens is 957 g/mol. The molecule has 0 saturated carbocycles. The molecule has 14 nitrogen and oxygen atoms in total. The van der Waals surface area contributed by atoms with Crippen LogP contribution in [-0.2, 0) is 24.9 Å². The minimum absolute atomic E-state index is 0.0411. The zero-order chi connectivity index (χ0) is 51.0. The van der Waals surface area contributed by atoms with E-state index in [1.807, 2.05) is 104 Å². The first-order valence-corrected chi connectivity index (χ1v) is 24.0. The first-order valence-electron chi connectivity index (χ1n) is 21.8. The number of nitriles is 2. The maximum atomic E-state index is 13.4. The topological polar surface area (TPSA) is 204 Å². The summed E-state index contributed by atoms with van der Waals surface area (Å²) in [5.74, 6) is 2.80. The highest BCUT2D eigenvalue weighted by Crippen LogP contribution is 2.40. The maximum Gasteiger partial charge on any atom is 0.298 e. The molecule has 0 aliphatic heterocycles. The zero-order valence-corrected chi connectivity index (χ0v) is 40.5. The highest BCUT2D eigenvalue weighted by atomic mass is 32.2. The van der Waals surface area contributed by atoms with Crippen molar-refractivity contribution in [3.05, 3.63) is 209 Å². The third-order valence-corrected chi connectivity index (χ3v) is 13.1. The van der Waals surface area contributed by atoms with E-state index < -0.39 is 26.2 Å². The number of hydrogen-bond acceptors (Lipinski definition) is 14. The highest BCUT2D eigenvalue weighted by Gasteiger charge is 2.25. The van der Waals surface area contributed by atoms with E-state index >= 15 is 0 Å². The maximum absolute atomic E-state index is 13.4.